The van der Waals surface area contributed by atoms with E-state index in [2.05, 4.69) is 10.3 Å². The number of rotatable bonds is 7. The molecule has 0 aliphatic rings. The summed E-state index contributed by atoms with van der Waals surface area (Å²) in [6, 6.07) is 10.3. The van der Waals surface area contributed by atoms with Gasteiger partial charge in [0.25, 0.3) is 5.56 Å². The average Bonchev–Trinajstić information content (AvgIpc) is 3.35. The Morgan fingerprint density at radius 3 is 2.44 bits per heavy atom. The van der Waals surface area contributed by atoms with Gasteiger partial charge < -0.3 is 9.26 Å². The maximum Gasteiger partial charge on any atom is 0.359 e. The van der Waals surface area contributed by atoms with Crippen molar-refractivity contribution < 1.29 is 18.8 Å². The van der Waals surface area contributed by atoms with Crippen molar-refractivity contribution in [2.24, 2.45) is 5.92 Å². The highest BCUT2D eigenvalue weighted by Gasteiger charge is 2.22. The monoisotopic (exact) mass is 462 g/mol. The Morgan fingerprint density at radius 1 is 1.09 bits per heavy atom. The molecule has 176 valence electrons. The Bertz CT molecular complexity index is 1460. The van der Waals surface area contributed by atoms with Crippen molar-refractivity contribution in [2.75, 3.05) is 6.61 Å². The fourth-order valence-corrected chi connectivity index (χ4v) is 3.99. The molecule has 0 fully saturated rings. The number of fused-ring (bicyclic) bond motifs is 1. The molecule has 0 amide bonds. The number of hydrogen-bond acceptors (Lipinski definition) is 7. The summed E-state index contributed by atoms with van der Waals surface area (Å²) in [6.45, 7) is 9.25. The topological polar surface area (TPSA) is 109 Å². The summed E-state index contributed by atoms with van der Waals surface area (Å²) >= 11 is 0. The van der Waals surface area contributed by atoms with Crippen molar-refractivity contribution in [3.05, 3.63) is 75.2 Å². The van der Waals surface area contributed by atoms with Crippen LogP contribution in [0.1, 0.15) is 51.8 Å². The van der Waals surface area contributed by atoms with E-state index in [1.54, 1.807) is 50.2 Å². The minimum atomic E-state index is -0.761. The van der Waals surface area contributed by atoms with Gasteiger partial charge in [0.1, 0.15) is 5.76 Å². The number of ether oxygens (including phenoxy) is 1. The first kappa shape index (κ1) is 23.2. The zero-order valence-corrected chi connectivity index (χ0v) is 19.8. The van der Waals surface area contributed by atoms with Crippen molar-refractivity contribution in [2.45, 2.75) is 41.2 Å². The zero-order valence-electron chi connectivity index (χ0n) is 19.8. The van der Waals surface area contributed by atoms with Gasteiger partial charge in [0.15, 0.2) is 18.1 Å². The third-order valence-corrected chi connectivity index (χ3v) is 5.51. The van der Waals surface area contributed by atoms with Crippen molar-refractivity contribution >= 4 is 22.5 Å². The number of nitrogens with zero attached hydrogens (tertiary/aromatic N) is 4. The third kappa shape index (κ3) is 4.28. The smallest absolute Gasteiger partial charge is 0.359 e. The number of carbonyl (C=O) groups is 2. The van der Waals surface area contributed by atoms with Crippen LogP contribution in [-0.2, 0) is 11.3 Å². The number of carbonyl (C=O) groups excluding carboxylic acids is 2. The lowest BCUT2D eigenvalue weighted by Crippen LogP contribution is -2.28. The van der Waals surface area contributed by atoms with Crippen LogP contribution < -0.4 is 5.56 Å². The molecule has 3 aromatic heterocycles. The van der Waals surface area contributed by atoms with Gasteiger partial charge in [-0.1, -0.05) is 37.2 Å². The van der Waals surface area contributed by atoms with Crippen molar-refractivity contribution in [1.82, 2.24) is 19.5 Å². The standard InChI is InChI=1S/C25H26N4O5/c1-14(2)12-28-24(31)19-9-7-6-8-18(19)23(26-28)25(32)33-13-21(30)20-10-15(3)29(17(20)5)22-11-16(4)34-27-22/h6-11,14H,12-13H2,1-5H3. The van der Waals surface area contributed by atoms with E-state index >= 15 is 0 Å². The summed E-state index contributed by atoms with van der Waals surface area (Å²) in [5.41, 5.74) is 1.63. The number of esters is 1. The van der Waals surface area contributed by atoms with E-state index in [4.69, 9.17) is 9.26 Å². The first-order valence-corrected chi connectivity index (χ1v) is 11.0. The lowest BCUT2D eigenvalue weighted by atomic mass is 10.1. The molecule has 0 radical (unpaired) electrons. The van der Waals surface area contributed by atoms with E-state index in [0.717, 1.165) is 5.69 Å². The number of aryl methyl sites for hydroxylation is 2. The molecule has 0 saturated carbocycles. The summed E-state index contributed by atoms with van der Waals surface area (Å²) in [4.78, 5) is 38.6. The second-order valence-electron chi connectivity index (χ2n) is 8.69. The van der Waals surface area contributed by atoms with Gasteiger partial charge in [0, 0.05) is 34.9 Å². The Labute approximate surface area is 195 Å². The summed E-state index contributed by atoms with van der Waals surface area (Å²) in [7, 11) is 0. The lowest BCUT2D eigenvalue weighted by Gasteiger charge is -2.12. The van der Waals surface area contributed by atoms with Crippen LogP contribution in [0.2, 0.25) is 0 Å². The largest absolute Gasteiger partial charge is 0.452 e. The van der Waals surface area contributed by atoms with Crippen molar-refractivity contribution in [3.63, 3.8) is 0 Å². The van der Waals surface area contributed by atoms with Gasteiger partial charge in [-0.3, -0.25) is 14.2 Å². The highest BCUT2D eigenvalue weighted by atomic mass is 16.5. The first-order chi connectivity index (χ1) is 16.2. The molecule has 0 aliphatic heterocycles. The van der Waals surface area contributed by atoms with Gasteiger partial charge in [-0.25, -0.2) is 9.48 Å². The molecule has 9 heteroatoms. The molecule has 0 N–H and O–H groups in total. The van der Waals surface area contributed by atoms with E-state index in [-0.39, 0.29) is 23.0 Å². The van der Waals surface area contributed by atoms with E-state index in [9.17, 15) is 14.4 Å². The van der Waals surface area contributed by atoms with E-state index in [1.807, 2.05) is 25.3 Å². The first-order valence-electron chi connectivity index (χ1n) is 11.0. The molecule has 1 aromatic carbocycles. The highest BCUT2D eigenvalue weighted by molar-refractivity contribution is 6.04. The average molecular weight is 463 g/mol. The van der Waals surface area contributed by atoms with Crippen LogP contribution in [0.4, 0.5) is 0 Å². The maximum absolute atomic E-state index is 12.9. The number of benzene rings is 1. The van der Waals surface area contributed by atoms with E-state index in [0.29, 0.717) is 40.2 Å². The second kappa shape index (κ2) is 9.09. The van der Waals surface area contributed by atoms with Crippen LogP contribution in [0.5, 0.6) is 0 Å². The molecule has 0 bridgehead atoms. The molecule has 0 unspecified atom stereocenters. The number of aromatic nitrogens is 4. The summed E-state index contributed by atoms with van der Waals surface area (Å²) < 4.78 is 13.6. The molecule has 0 saturated heterocycles. The zero-order chi connectivity index (χ0) is 24.6. The fraction of sp³-hybridized carbons (Fsp3) is 0.320. The normalized spacial score (nSPS) is 11.4. The Hall–Kier alpha value is -4.01. The number of hydrogen-bond donors (Lipinski definition) is 0. The van der Waals surface area contributed by atoms with Crippen LogP contribution in [0.25, 0.3) is 16.6 Å². The molecular weight excluding hydrogens is 436 g/mol. The van der Waals surface area contributed by atoms with Crippen LogP contribution in [0, 0.1) is 26.7 Å². The quantitative estimate of drug-likeness (QED) is 0.304. The van der Waals surface area contributed by atoms with Crippen molar-refractivity contribution in [1.29, 1.82) is 0 Å². The minimum Gasteiger partial charge on any atom is -0.452 e. The third-order valence-electron chi connectivity index (χ3n) is 5.51. The van der Waals surface area contributed by atoms with Crippen LogP contribution in [0.3, 0.4) is 0 Å². The lowest BCUT2D eigenvalue weighted by molar-refractivity contribution is 0.0468. The molecule has 4 rings (SSSR count). The van der Waals surface area contributed by atoms with Gasteiger partial charge in [0.2, 0.25) is 5.78 Å². The second-order valence-corrected chi connectivity index (χ2v) is 8.69. The summed E-state index contributed by atoms with van der Waals surface area (Å²) in [5, 5.41) is 9.05. The molecule has 9 nitrogen and oxygen atoms in total. The van der Waals surface area contributed by atoms with Gasteiger partial charge in [0.05, 0.1) is 5.39 Å². The predicted octanol–water partition coefficient (Wildman–Crippen LogP) is 3.80. The molecule has 0 spiro atoms. The van der Waals surface area contributed by atoms with Gasteiger partial charge in [-0.15, -0.1) is 0 Å². The molecular formula is C25H26N4O5. The fourth-order valence-electron chi connectivity index (χ4n) is 3.99. The minimum absolute atomic E-state index is 0.00666. The molecule has 0 atom stereocenters. The molecule has 3 heterocycles. The van der Waals surface area contributed by atoms with Crippen LogP contribution in [0.15, 0.2) is 45.7 Å². The summed E-state index contributed by atoms with van der Waals surface area (Å²) in [6.07, 6.45) is 0. The van der Waals surface area contributed by atoms with Crippen LogP contribution in [-0.4, -0.2) is 37.9 Å². The highest BCUT2D eigenvalue weighted by Crippen LogP contribution is 2.22. The number of Topliss-reactive ketones (excluding diaryl/α,β-unsaturated/α-hetero) is 1. The summed E-state index contributed by atoms with van der Waals surface area (Å²) in [5.74, 6) is 0.269. The van der Waals surface area contributed by atoms with E-state index in [1.165, 1.54) is 4.68 Å². The molecule has 0 aliphatic carbocycles. The molecule has 34 heavy (non-hydrogen) atoms. The van der Waals surface area contributed by atoms with Gasteiger partial charge in [-0.2, -0.15) is 5.10 Å². The van der Waals surface area contributed by atoms with Crippen LogP contribution >= 0.6 is 0 Å². The Balaban J connectivity index is 1.60. The van der Waals surface area contributed by atoms with Gasteiger partial charge >= 0.3 is 5.97 Å². The van der Waals surface area contributed by atoms with E-state index < -0.39 is 12.6 Å². The predicted molar refractivity (Wildman–Crippen MR) is 125 cm³/mol. The number of ketones is 1. The Morgan fingerprint density at radius 2 is 1.79 bits per heavy atom. The van der Waals surface area contributed by atoms with Crippen molar-refractivity contribution in [3.8, 4) is 5.82 Å². The molecule has 4 aromatic rings. The SMILES string of the molecule is Cc1cc(-n2c(C)cc(C(=O)COC(=O)c3nn(CC(C)C)c(=O)c4ccccc34)c2C)no1. The Kier molecular flexibility index (Phi) is 6.19. The maximum atomic E-state index is 12.9. The van der Waals surface area contributed by atoms with Gasteiger partial charge in [-0.05, 0) is 38.8 Å².